The molecule has 4 nitrogen and oxygen atoms in total. The number of carbonyl (C=O) groups is 1. The Morgan fingerprint density at radius 2 is 1.85 bits per heavy atom. The molecule has 4 heteroatoms. The second kappa shape index (κ2) is 8.59. The fourth-order valence-electron chi connectivity index (χ4n) is 2.03. The average molecular weight is 279 g/mol. The van der Waals surface area contributed by atoms with Crippen molar-refractivity contribution in [3.8, 4) is 5.75 Å². The Bertz CT molecular complexity index is 411. The number of unbranched alkanes of at least 4 members (excludes halogenated alkanes) is 2. The number of aliphatic hydroxyl groups is 1. The first-order valence-electron chi connectivity index (χ1n) is 7.10. The Morgan fingerprint density at radius 3 is 2.45 bits per heavy atom. The van der Waals surface area contributed by atoms with E-state index in [1.165, 1.54) is 0 Å². The summed E-state index contributed by atoms with van der Waals surface area (Å²) in [4.78, 5) is 13.6. The molecule has 0 saturated carbocycles. The van der Waals surface area contributed by atoms with Gasteiger partial charge in [-0.1, -0.05) is 18.2 Å². The molecule has 0 saturated heterocycles. The molecule has 1 aromatic rings. The number of hydrogen-bond donors (Lipinski definition) is 1. The van der Waals surface area contributed by atoms with E-state index in [-0.39, 0.29) is 19.1 Å². The van der Waals surface area contributed by atoms with Crippen LogP contribution in [0.5, 0.6) is 5.75 Å². The smallest absolute Gasteiger partial charge is 0.260 e. The SMILES string of the molecule is Cc1cccc(C)c1OCC(=O)N(C)CCCCCO. The monoisotopic (exact) mass is 279 g/mol. The molecule has 1 rings (SSSR count). The summed E-state index contributed by atoms with van der Waals surface area (Å²) >= 11 is 0. The molecule has 1 aromatic carbocycles. The number of carbonyl (C=O) groups excluding carboxylic acids is 1. The summed E-state index contributed by atoms with van der Waals surface area (Å²) < 4.78 is 5.65. The van der Waals surface area contributed by atoms with Crippen LogP contribution in [0.2, 0.25) is 0 Å². The second-order valence-electron chi connectivity index (χ2n) is 5.11. The largest absolute Gasteiger partial charge is 0.483 e. The summed E-state index contributed by atoms with van der Waals surface area (Å²) in [5.41, 5.74) is 2.09. The van der Waals surface area contributed by atoms with Crippen LogP contribution in [-0.4, -0.2) is 42.7 Å². The molecular formula is C16H25NO3. The van der Waals surface area contributed by atoms with Crippen molar-refractivity contribution in [3.63, 3.8) is 0 Å². The van der Waals surface area contributed by atoms with Gasteiger partial charge in [-0.05, 0) is 44.2 Å². The molecule has 0 aliphatic rings. The molecule has 0 aromatic heterocycles. The van der Waals surface area contributed by atoms with E-state index in [1.54, 1.807) is 11.9 Å². The van der Waals surface area contributed by atoms with Crippen LogP contribution in [-0.2, 0) is 4.79 Å². The zero-order valence-corrected chi connectivity index (χ0v) is 12.7. The lowest BCUT2D eigenvalue weighted by molar-refractivity contribution is -0.132. The van der Waals surface area contributed by atoms with Crippen molar-refractivity contribution in [3.05, 3.63) is 29.3 Å². The van der Waals surface area contributed by atoms with E-state index in [9.17, 15) is 4.79 Å². The zero-order valence-electron chi connectivity index (χ0n) is 12.7. The van der Waals surface area contributed by atoms with E-state index in [0.29, 0.717) is 6.54 Å². The lowest BCUT2D eigenvalue weighted by atomic mass is 10.1. The maximum Gasteiger partial charge on any atom is 0.260 e. The molecule has 0 aliphatic carbocycles. The van der Waals surface area contributed by atoms with E-state index >= 15 is 0 Å². The van der Waals surface area contributed by atoms with Crippen LogP contribution >= 0.6 is 0 Å². The van der Waals surface area contributed by atoms with E-state index < -0.39 is 0 Å². The fourth-order valence-corrected chi connectivity index (χ4v) is 2.03. The number of rotatable bonds is 8. The third-order valence-electron chi connectivity index (χ3n) is 3.33. The van der Waals surface area contributed by atoms with Gasteiger partial charge < -0.3 is 14.7 Å². The van der Waals surface area contributed by atoms with Gasteiger partial charge in [0.25, 0.3) is 5.91 Å². The highest BCUT2D eigenvalue weighted by atomic mass is 16.5. The first kappa shape index (κ1) is 16.5. The van der Waals surface area contributed by atoms with Crippen LogP contribution in [0.15, 0.2) is 18.2 Å². The first-order chi connectivity index (χ1) is 9.56. The van der Waals surface area contributed by atoms with Crippen LogP contribution in [0, 0.1) is 13.8 Å². The Labute approximate surface area is 121 Å². The maximum atomic E-state index is 12.0. The summed E-state index contributed by atoms with van der Waals surface area (Å²) in [6.45, 7) is 4.95. The van der Waals surface area contributed by atoms with Gasteiger partial charge in [-0.25, -0.2) is 0 Å². The quantitative estimate of drug-likeness (QED) is 0.743. The van der Waals surface area contributed by atoms with Gasteiger partial charge in [0.2, 0.25) is 0 Å². The van der Waals surface area contributed by atoms with Crippen molar-refractivity contribution in [2.75, 3.05) is 26.8 Å². The Balaban J connectivity index is 2.39. The predicted molar refractivity (Wildman–Crippen MR) is 80.0 cm³/mol. The van der Waals surface area contributed by atoms with E-state index in [2.05, 4.69) is 0 Å². The van der Waals surface area contributed by atoms with Gasteiger partial charge in [0, 0.05) is 20.2 Å². The number of aliphatic hydroxyl groups excluding tert-OH is 1. The molecule has 0 spiro atoms. The van der Waals surface area contributed by atoms with Gasteiger partial charge in [0.15, 0.2) is 6.61 Å². The Morgan fingerprint density at radius 1 is 1.20 bits per heavy atom. The van der Waals surface area contributed by atoms with Gasteiger partial charge in [-0.15, -0.1) is 0 Å². The molecule has 20 heavy (non-hydrogen) atoms. The van der Waals surface area contributed by atoms with Crippen molar-refractivity contribution in [1.29, 1.82) is 0 Å². The molecular weight excluding hydrogens is 254 g/mol. The summed E-state index contributed by atoms with van der Waals surface area (Å²) in [6, 6.07) is 5.93. The highest BCUT2D eigenvalue weighted by molar-refractivity contribution is 5.77. The maximum absolute atomic E-state index is 12.0. The number of aryl methyl sites for hydroxylation is 2. The summed E-state index contributed by atoms with van der Waals surface area (Å²) in [7, 11) is 1.79. The summed E-state index contributed by atoms with van der Waals surface area (Å²) in [6.07, 6.45) is 2.64. The van der Waals surface area contributed by atoms with Crippen LogP contribution in [0.3, 0.4) is 0 Å². The Hall–Kier alpha value is -1.55. The van der Waals surface area contributed by atoms with Gasteiger partial charge in [0.05, 0.1) is 0 Å². The number of para-hydroxylation sites is 1. The van der Waals surface area contributed by atoms with E-state index in [0.717, 1.165) is 36.1 Å². The minimum absolute atomic E-state index is 0.0170. The van der Waals surface area contributed by atoms with E-state index in [1.807, 2.05) is 32.0 Å². The van der Waals surface area contributed by atoms with Crippen LogP contribution in [0.4, 0.5) is 0 Å². The van der Waals surface area contributed by atoms with Crippen LogP contribution in [0.1, 0.15) is 30.4 Å². The molecule has 0 atom stereocenters. The number of amides is 1. The zero-order chi connectivity index (χ0) is 15.0. The molecule has 0 radical (unpaired) electrons. The lowest BCUT2D eigenvalue weighted by Crippen LogP contribution is -2.32. The van der Waals surface area contributed by atoms with Gasteiger partial charge in [-0.2, -0.15) is 0 Å². The fraction of sp³-hybridized carbons (Fsp3) is 0.562. The number of nitrogens with zero attached hydrogens (tertiary/aromatic N) is 1. The minimum atomic E-state index is -0.0170. The molecule has 0 heterocycles. The summed E-state index contributed by atoms with van der Waals surface area (Å²) in [5, 5.41) is 8.70. The number of ether oxygens (including phenoxy) is 1. The van der Waals surface area contributed by atoms with Gasteiger partial charge in [0.1, 0.15) is 5.75 Å². The molecule has 1 amide bonds. The predicted octanol–water partition coefficient (Wildman–Crippen LogP) is 2.30. The van der Waals surface area contributed by atoms with Crippen molar-refractivity contribution in [2.45, 2.75) is 33.1 Å². The lowest BCUT2D eigenvalue weighted by Gasteiger charge is -2.18. The van der Waals surface area contributed by atoms with Crippen molar-refractivity contribution in [2.24, 2.45) is 0 Å². The minimum Gasteiger partial charge on any atom is -0.483 e. The van der Waals surface area contributed by atoms with Crippen molar-refractivity contribution in [1.82, 2.24) is 4.90 Å². The van der Waals surface area contributed by atoms with Gasteiger partial charge >= 0.3 is 0 Å². The molecule has 0 fully saturated rings. The third-order valence-corrected chi connectivity index (χ3v) is 3.33. The first-order valence-corrected chi connectivity index (χ1v) is 7.10. The molecule has 112 valence electrons. The van der Waals surface area contributed by atoms with Crippen LogP contribution in [0.25, 0.3) is 0 Å². The molecule has 1 N–H and O–H groups in total. The highest BCUT2D eigenvalue weighted by Crippen LogP contribution is 2.22. The standard InChI is InChI=1S/C16H25NO3/c1-13-8-7-9-14(2)16(13)20-12-15(19)17(3)10-5-4-6-11-18/h7-9,18H,4-6,10-12H2,1-3H3. The topological polar surface area (TPSA) is 49.8 Å². The van der Waals surface area contributed by atoms with E-state index in [4.69, 9.17) is 9.84 Å². The molecule has 0 aliphatic heterocycles. The van der Waals surface area contributed by atoms with Crippen LogP contribution < -0.4 is 4.74 Å². The third kappa shape index (κ3) is 5.21. The average Bonchev–Trinajstić information content (AvgIpc) is 2.42. The second-order valence-corrected chi connectivity index (χ2v) is 5.11. The van der Waals surface area contributed by atoms with Crippen molar-refractivity contribution >= 4 is 5.91 Å². The normalized spacial score (nSPS) is 10.4. The van der Waals surface area contributed by atoms with Gasteiger partial charge in [-0.3, -0.25) is 4.79 Å². The molecule has 0 bridgehead atoms. The number of likely N-dealkylation sites (N-methyl/N-ethyl adjacent to an activating group) is 1. The number of benzene rings is 1. The molecule has 0 unspecified atom stereocenters. The number of hydrogen-bond acceptors (Lipinski definition) is 3. The van der Waals surface area contributed by atoms with Crippen molar-refractivity contribution < 1.29 is 14.6 Å². The Kier molecular flexibility index (Phi) is 7.09. The highest BCUT2D eigenvalue weighted by Gasteiger charge is 2.11. The summed E-state index contributed by atoms with van der Waals surface area (Å²) in [5.74, 6) is 0.784.